The minimum Gasteiger partial charge on any atom is -0.389 e. The highest BCUT2D eigenvalue weighted by Crippen LogP contribution is 2.24. The average molecular weight is 292 g/mol. The van der Waals surface area contributed by atoms with Gasteiger partial charge in [0.05, 0.1) is 5.60 Å². The van der Waals surface area contributed by atoms with Gasteiger partial charge >= 0.3 is 0 Å². The van der Waals surface area contributed by atoms with Crippen LogP contribution < -0.4 is 5.73 Å². The minimum atomic E-state index is -0.631. The summed E-state index contributed by atoms with van der Waals surface area (Å²) < 4.78 is 0. The maximum atomic E-state index is 9.93. The van der Waals surface area contributed by atoms with Crippen LogP contribution in [0.3, 0.4) is 0 Å². The Morgan fingerprint density at radius 3 is 2.29 bits per heavy atom. The monoisotopic (exact) mass is 292 g/mol. The van der Waals surface area contributed by atoms with Crippen LogP contribution in [0.15, 0.2) is 24.5 Å². The summed E-state index contributed by atoms with van der Waals surface area (Å²) in [5.74, 6) is 0. The molecule has 5 heteroatoms. The van der Waals surface area contributed by atoms with Crippen molar-refractivity contribution >= 4 is 0 Å². The van der Waals surface area contributed by atoms with Crippen LogP contribution in [0.5, 0.6) is 0 Å². The van der Waals surface area contributed by atoms with Gasteiger partial charge in [-0.2, -0.15) is 0 Å². The summed E-state index contributed by atoms with van der Waals surface area (Å²) in [6, 6.07) is 4.42. The first-order chi connectivity index (χ1) is 9.87. The van der Waals surface area contributed by atoms with Gasteiger partial charge in [0.2, 0.25) is 0 Å². The van der Waals surface area contributed by atoms with E-state index in [1.807, 2.05) is 26.2 Å². The first-order valence-corrected chi connectivity index (χ1v) is 7.71. The molecule has 1 aromatic rings. The van der Waals surface area contributed by atoms with E-state index in [4.69, 9.17) is 5.73 Å². The topological polar surface area (TPSA) is 65.6 Å². The molecule has 2 atom stereocenters. The molecule has 2 heterocycles. The lowest BCUT2D eigenvalue weighted by Crippen LogP contribution is -2.53. The van der Waals surface area contributed by atoms with E-state index in [2.05, 4.69) is 33.8 Å². The van der Waals surface area contributed by atoms with E-state index >= 15 is 0 Å². The summed E-state index contributed by atoms with van der Waals surface area (Å²) in [5, 5.41) is 9.93. The molecule has 0 aromatic carbocycles. The lowest BCUT2D eigenvalue weighted by molar-refractivity contribution is 0.00881. The first-order valence-electron chi connectivity index (χ1n) is 7.71. The molecule has 5 nitrogen and oxygen atoms in total. The quantitative estimate of drug-likeness (QED) is 0.842. The molecule has 1 saturated heterocycles. The molecule has 0 amide bonds. The minimum absolute atomic E-state index is 0.0771. The van der Waals surface area contributed by atoms with Crippen LogP contribution >= 0.6 is 0 Å². The predicted octanol–water partition coefficient (Wildman–Crippen LogP) is 0.858. The van der Waals surface area contributed by atoms with Crippen molar-refractivity contribution in [2.45, 2.75) is 38.5 Å². The van der Waals surface area contributed by atoms with Gasteiger partial charge in [0, 0.05) is 57.2 Å². The molecule has 1 fully saturated rings. The van der Waals surface area contributed by atoms with Crippen molar-refractivity contribution in [2.75, 3.05) is 32.7 Å². The molecule has 1 aliphatic heterocycles. The Balaban J connectivity index is 1.99. The predicted molar refractivity (Wildman–Crippen MR) is 84.9 cm³/mol. The van der Waals surface area contributed by atoms with Gasteiger partial charge in [0.1, 0.15) is 0 Å². The number of pyridine rings is 1. The summed E-state index contributed by atoms with van der Waals surface area (Å²) in [7, 11) is 0. The van der Waals surface area contributed by atoms with Gasteiger partial charge in [-0.05, 0) is 38.5 Å². The average Bonchev–Trinajstić information content (AvgIpc) is 2.40. The Morgan fingerprint density at radius 1 is 1.24 bits per heavy atom. The maximum Gasteiger partial charge on any atom is 0.0718 e. The number of hydrogen-bond acceptors (Lipinski definition) is 5. The molecule has 2 rings (SSSR count). The van der Waals surface area contributed by atoms with Crippen molar-refractivity contribution < 1.29 is 5.11 Å². The molecule has 1 aromatic heterocycles. The fraction of sp³-hybridized carbons (Fsp3) is 0.688. The highest BCUT2D eigenvalue weighted by atomic mass is 16.3. The number of nitrogens with two attached hydrogens (primary N) is 1. The van der Waals surface area contributed by atoms with Crippen LogP contribution in [0.1, 0.15) is 32.4 Å². The summed E-state index contributed by atoms with van der Waals surface area (Å²) >= 11 is 0. The van der Waals surface area contributed by atoms with Crippen molar-refractivity contribution in [3.8, 4) is 0 Å². The highest BCUT2D eigenvalue weighted by Gasteiger charge is 2.29. The maximum absolute atomic E-state index is 9.93. The molecule has 21 heavy (non-hydrogen) atoms. The number of aromatic nitrogens is 1. The third-order valence-corrected chi connectivity index (χ3v) is 3.96. The van der Waals surface area contributed by atoms with E-state index in [1.54, 1.807) is 0 Å². The number of β-amino-alcohol motifs (C(OH)–C–C–N with tert-alkyl or cyclic N) is 1. The first kappa shape index (κ1) is 16.4. The van der Waals surface area contributed by atoms with E-state index in [9.17, 15) is 5.11 Å². The van der Waals surface area contributed by atoms with Gasteiger partial charge in [-0.3, -0.25) is 14.8 Å². The summed E-state index contributed by atoms with van der Waals surface area (Å²) in [4.78, 5) is 8.86. The van der Waals surface area contributed by atoms with Crippen molar-refractivity contribution in [3.63, 3.8) is 0 Å². The number of piperazine rings is 1. The van der Waals surface area contributed by atoms with Crippen molar-refractivity contribution in [1.82, 2.24) is 14.8 Å². The molecule has 118 valence electrons. The SMILES string of the molecule is CC(N)C(c1ccncc1)N1CCN(CC(C)(C)O)CC1. The number of hydrogen-bond donors (Lipinski definition) is 2. The number of nitrogens with zero attached hydrogens (tertiary/aromatic N) is 3. The Kier molecular flexibility index (Phi) is 5.32. The van der Waals surface area contributed by atoms with Crippen LogP contribution in [0.2, 0.25) is 0 Å². The summed E-state index contributed by atoms with van der Waals surface area (Å²) in [6.45, 7) is 10.4. The standard InChI is InChI=1S/C16H28N4O/c1-13(17)15(14-4-6-18-7-5-14)20-10-8-19(9-11-20)12-16(2,3)21/h4-7,13,15,21H,8-12,17H2,1-3H3. The zero-order chi connectivity index (χ0) is 15.5. The third-order valence-electron chi connectivity index (χ3n) is 3.96. The molecular weight excluding hydrogens is 264 g/mol. The van der Waals surface area contributed by atoms with Crippen LogP contribution in [-0.4, -0.2) is 64.3 Å². The summed E-state index contributed by atoms with van der Waals surface area (Å²) in [6.07, 6.45) is 3.66. The van der Waals surface area contributed by atoms with Gasteiger partial charge in [-0.15, -0.1) is 0 Å². The van der Waals surface area contributed by atoms with Gasteiger partial charge < -0.3 is 10.8 Å². The van der Waals surface area contributed by atoms with Crippen LogP contribution in [0, 0.1) is 0 Å². The molecular formula is C16H28N4O. The molecule has 0 radical (unpaired) electrons. The second-order valence-corrected chi connectivity index (χ2v) is 6.71. The Morgan fingerprint density at radius 2 is 1.81 bits per heavy atom. The van der Waals surface area contributed by atoms with E-state index in [-0.39, 0.29) is 12.1 Å². The highest BCUT2D eigenvalue weighted by molar-refractivity contribution is 5.17. The molecule has 0 aliphatic carbocycles. The third kappa shape index (κ3) is 4.74. The smallest absolute Gasteiger partial charge is 0.0718 e. The van der Waals surface area contributed by atoms with Crippen LogP contribution in [0.4, 0.5) is 0 Å². The Hall–Kier alpha value is -1.01. The lowest BCUT2D eigenvalue weighted by atomic mass is 9.99. The number of rotatable bonds is 5. The van der Waals surface area contributed by atoms with Gasteiger partial charge in [0.15, 0.2) is 0 Å². The van der Waals surface area contributed by atoms with E-state index in [0.29, 0.717) is 0 Å². The van der Waals surface area contributed by atoms with E-state index < -0.39 is 5.60 Å². The fourth-order valence-electron chi connectivity index (χ4n) is 3.15. The molecule has 2 unspecified atom stereocenters. The molecule has 0 spiro atoms. The van der Waals surface area contributed by atoms with Crippen molar-refractivity contribution in [1.29, 1.82) is 0 Å². The fourth-order valence-corrected chi connectivity index (χ4v) is 3.15. The largest absolute Gasteiger partial charge is 0.389 e. The van der Waals surface area contributed by atoms with Gasteiger partial charge in [0.25, 0.3) is 0 Å². The van der Waals surface area contributed by atoms with Gasteiger partial charge in [-0.25, -0.2) is 0 Å². The Labute approximate surface area is 127 Å². The van der Waals surface area contributed by atoms with Gasteiger partial charge in [-0.1, -0.05) is 0 Å². The summed E-state index contributed by atoms with van der Waals surface area (Å²) in [5.41, 5.74) is 6.82. The van der Waals surface area contributed by atoms with Crippen molar-refractivity contribution in [3.05, 3.63) is 30.1 Å². The normalized spacial score (nSPS) is 21.2. The van der Waals surface area contributed by atoms with Crippen LogP contribution in [0.25, 0.3) is 0 Å². The van der Waals surface area contributed by atoms with Crippen LogP contribution in [-0.2, 0) is 0 Å². The molecule has 1 aliphatic rings. The number of aliphatic hydroxyl groups is 1. The van der Waals surface area contributed by atoms with Crippen molar-refractivity contribution in [2.24, 2.45) is 5.73 Å². The zero-order valence-corrected chi connectivity index (χ0v) is 13.4. The zero-order valence-electron chi connectivity index (χ0n) is 13.4. The Bertz CT molecular complexity index is 422. The second kappa shape index (κ2) is 6.83. The molecule has 0 saturated carbocycles. The molecule has 0 bridgehead atoms. The second-order valence-electron chi connectivity index (χ2n) is 6.71. The van der Waals surface area contributed by atoms with E-state index in [0.717, 1.165) is 32.7 Å². The molecule has 3 N–H and O–H groups in total. The lowest BCUT2D eigenvalue weighted by Gasteiger charge is -2.42. The van der Waals surface area contributed by atoms with E-state index in [1.165, 1.54) is 5.56 Å².